The van der Waals surface area contributed by atoms with Crippen molar-refractivity contribution in [3.05, 3.63) is 36.5 Å². The molecule has 0 saturated heterocycles. The largest absolute Gasteiger partial charge is 0.382 e. The van der Waals surface area contributed by atoms with E-state index < -0.39 is 0 Å². The zero-order chi connectivity index (χ0) is 13.9. The van der Waals surface area contributed by atoms with Gasteiger partial charge in [-0.25, -0.2) is 0 Å². The third kappa shape index (κ3) is 2.87. The van der Waals surface area contributed by atoms with Crippen LogP contribution in [-0.2, 0) is 0 Å². The van der Waals surface area contributed by atoms with Crippen LogP contribution in [0.2, 0.25) is 0 Å². The molecule has 1 fully saturated rings. The molecule has 0 aliphatic heterocycles. The highest BCUT2D eigenvalue weighted by molar-refractivity contribution is 5.62. The van der Waals surface area contributed by atoms with E-state index in [0.717, 1.165) is 17.5 Å². The van der Waals surface area contributed by atoms with Crippen LogP contribution in [0.3, 0.4) is 0 Å². The first kappa shape index (κ1) is 13.2. The van der Waals surface area contributed by atoms with Crippen LogP contribution >= 0.6 is 0 Å². The van der Waals surface area contributed by atoms with Crippen molar-refractivity contribution in [1.82, 2.24) is 10.2 Å². The molecule has 106 valence electrons. The van der Waals surface area contributed by atoms with Gasteiger partial charge in [-0.2, -0.15) is 5.10 Å². The number of H-pyrrole nitrogens is 1. The summed E-state index contributed by atoms with van der Waals surface area (Å²) in [5.41, 5.74) is 3.47. The molecule has 1 heterocycles. The van der Waals surface area contributed by atoms with Gasteiger partial charge < -0.3 is 5.32 Å². The zero-order valence-electron chi connectivity index (χ0n) is 12.3. The molecule has 1 saturated carbocycles. The third-order valence-electron chi connectivity index (χ3n) is 4.67. The monoisotopic (exact) mass is 269 g/mol. The van der Waals surface area contributed by atoms with Crippen molar-refractivity contribution in [3.63, 3.8) is 0 Å². The van der Waals surface area contributed by atoms with Gasteiger partial charge in [-0.1, -0.05) is 26.0 Å². The molecule has 0 bridgehead atoms. The molecule has 3 unspecified atom stereocenters. The van der Waals surface area contributed by atoms with Crippen molar-refractivity contribution in [1.29, 1.82) is 0 Å². The van der Waals surface area contributed by atoms with E-state index in [1.54, 1.807) is 6.20 Å². The molecular formula is C17H23N3. The van der Waals surface area contributed by atoms with Crippen LogP contribution in [0.1, 0.15) is 33.1 Å². The van der Waals surface area contributed by atoms with Gasteiger partial charge in [-0.05, 0) is 54.9 Å². The second-order valence-corrected chi connectivity index (χ2v) is 6.16. The normalized spacial score (nSPS) is 26.4. The topological polar surface area (TPSA) is 40.7 Å². The Balaban J connectivity index is 1.64. The van der Waals surface area contributed by atoms with Crippen molar-refractivity contribution >= 4 is 5.69 Å². The molecule has 2 aromatic rings. The minimum atomic E-state index is 0.624. The summed E-state index contributed by atoms with van der Waals surface area (Å²) in [6.45, 7) is 4.75. The van der Waals surface area contributed by atoms with E-state index in [2.05, 4.69) is 53.6 Å². The Hall–Kier alpha value is -1.77. The van der Waals surface area contributed by atoms with E-state index in [9.17, 15) is 0 Å². The quantitative estimate of drug-likeness (QED) is 0.871. The summed E-state index contributed by atoms with van der Waals surface area (Å²) in [6.07, 6.45) is 5.69. The lowest BCUT2D eigenvalue weighted by molar-refractivity contribution is 0.261. The van der Waals surface area contributed by atoms with E-state index in [-0.39, 0.29) is 0 Å². The van der Waals surface area contributed by atoms with Gasteiger partial charge in [0.05, 0.1) is 5.69 Å². The van der Waals surface area contributed by atoms with Crippen molar-refractivity contribution in [2.45, 2.75) is 39.2 Å². The fourth-order valence-corrected chi connectivity index (χ4v) is 3.08. The van der Waals surface area contributed by atoms with E-state index in [1.807, 2.05) is 6.07 Å². The van der Waals surface area contributed by atoms with E-state index >= 15 is 0 Å². The van der Waals surface area contributed by atoms with Crippen molar-refractivity contribution in [2.24, 2.45) is 11.8 Å². The van der Waals surface area contributed by atoms with Crippen LogP contribution < -0.4 is 5.32 Å². The van der Waals surface area contributed by atoms with Crippen molar-refractivity contribution in [3.8, 4) is 11.3 Å². The number of benzene rings is 1. The summed E-state index contributed by atoms with van der Waals surface area (Å²) in [6, 6.07) is 11.2. The second kappa shape index (κ2) is 5.70. The molecule has 0 radical (unpaired) electrons. The average Bonchev–Trinajstić information content (AvgIpc) is 2.98. The Morgan fingerprint density at radius 2 is 1.85 bits per heavy atom. The molecule has 3 nitrogen and oxygen atoms in total. The fraction of sp³-hybridized carbons (Fsp3) is 0.471. The molecular weight excluding hydrogens is 246 g/mol. The van der Waals surface area contributed by atoms with Crippen LogP contribution in [0.5, 0.6) is 0 Å². The summed E-state index contributed by atoms with van der Waals surface area (Å²) in [4.78, 5) is 0. The smallest absolute Gasteiger partial charge is 0.0650 e. The minimum Gasteiger partial charge on any atom is -0.382 e. The summed E-state index contributed by atoms with van der Waals surface area (Å²) in [5.74, 6) is 1.70. The van der Waals surface area contributed by atoms with Gasteiger partial charge in [0.25, 0.3) is 0 Å². The van der Waals surface area contributed by atoms with Gasteiger partial charge in [0.15, 0.2) is 0 Å². The van der Waals surface area contributed by atoms with E-state index in [1.165, 1.54) is 30.5 Å². The number of nitrogens with zero attached hydrogens (tertiary/aromatic N) is 1. The molecule has 1 aromatic heterocycles. The van der Waals surface area contributed by atoms with Crippen LogP contribution in [0.25, 0.3) is 11.3 Å². The molecule has 0 amide bonds. The van der Waals surface area contributed by atoms with Gasteiger partial charge in [0.1, 0.15) is 0 Å². The number of anilines is 1. The van der Waals surface area contributed by atoms with Gasteiger partial charge in [-0.15, -0.1) is 0 Å². The summed E-state index contributed by atoms with van der Waals surface area (Å²) < 4.78 is 0. The second-order valence-electron chi connectivity index (χ2n) is 6.16. The molecule has 1 aliphatic carbocycles. The molecule has 1 aliphatic rings. The lowest BCUT2D eigenvalue weighted by atomic mass is 9.79. The predicted octanol–water partition coefficient (Wildman–Crippen LogP) is 4.31. The first-order valence-electron chi connectivity index (χ1n) is 7.58. The molecule has 3 heteroatoms. The predicted molar refractivity (Wildman–Crippen MR) is 83.6 cm³/mol. The maximum atomic E-state index is 3.99. The Bertz CT molecular complexity index is 530. The minimum absolute atomic E-state index is 0.624. The van der Waals surface area contributed by atoms with Gasteiger partial charge in [-0.3, -0.25) is 5.10 Å². The Morgan fingerprint density at radius 1 is 1.05 bits per heavy atom. The molecule has 20 heavy (non-hydrogen) atoms. The number of nitrogens with one attached hydrogen (secondary N) is 2. The summed E-state index contributed by atoms with van der Waals surface area (Å²) >= 11 is 0. The van der Waals surface area contributed by atoms with Crippen LogP contribution in [0, 0.1) is 11.8 Å². The highest BCUT2D eigenvalue weighted by Gasteiger charge is 2.24. The number of aromatic nitrogens is 2. The van der Waals surface area contributed by atoms with Gasteiger partial charge >= 0.3 is 0 Å². The van der Waals surface area contributed by atoms with E-state index in [0.29, 0.717) is 6.04 Å². The Labute approximate surface area is 120 Å². The van der Waals surface area contributed by atoms with Crippen LogP contribution in [0.4, 0.5) is 5.69 Å². The van der Waals surface area contributed by atoms with Gasteiger partial charge in [0, 0.05) is 17.9 Å². The lowest BCUT2D eigenvalue weighted by Crippen LogP contribution is -2.30. The first-order chi connectivity index (χ1) is 9.72. The molecule has 3 atom stereocenters. The highest BCUT2D eigenvalue weighted by Crippen LogP contribution is 2.31. The summed E-state index contributed by atoms with van der Waals surface area (Å²) in [5, 5.41) is 10.7. The highest BCUT2D eigenvalue weighted by atomic mass is 15.1. The average molecular weight is 269 g/mol. The third-order valence-corrected chi connectivity index (χ3v) is 4.67. The Morgan fingerprint density at radius 3 is 2.50 bits per heavy atom. The standard InChI is InChI=1S/C17H23N3/c1-12-3-6-16(11-13(12)2)19-15-7-4-14(5-8-15)17-9-10-18-20-17/h4-5,7-10,12-13,16,19H,3,6,11H2,1-2H3,(H,18,20). The number of aromatic amines is 1. The lowest BCUT2D eigenvalue weighted by Gasteiger charge is -2.33. The molecule has 2 N–H and O–H groups in total. The molecule has 3 rings (SSSR count). The maximum absolute atomic E-state index is 3.99. The number of hydrogen-bond acceptors (Lipinski definition) is 2. The number of hydrogen-bond donors (Lipinski definition) is 2. The molecule has 1 aromatic carbocycles. The SMILES string of the molecule is CC1CCC(Nc2ccc(-c3ccn[nH]3)cc2)CC1C. The maximum Gasteiger partial charge on any atom is 0.0650 e. The number of rotatable bonds is 3. The van der Waals surface area contributed by atoms with Crippen LogP contribution in [-0.4, -0.2) is 16.2 Å². The molecule has 0 spiro atoms. The summed E-state index contributed by atoms with van der Waals surface area (Å²) in [7, 11) is 0. The van der Waals surface area contributed by atoms with Gasteiger partial charge in [0.2, 0.25) is 0 Å². The zero-order valence-corrected chi connectivity index (χ0v) is 12.3. The first-order valence-corrected chi connectivity index (χ1v) is 7.58. The van der Waals surface area contributed by atoms with Crippen molar-refractivity contribution in [2.75, 3.05) is 5.32 Å². The van der Waals surface area contributed by atoms with Crippen molar-refractivity contribution < 1.29 is 0 Å². The van der Waals surface area contributed by atoms with E-state index in [4.69, 9.17) is 0 Å². The Kier molecular flexibility index (Phi) is 3.77. The van der Waals surface area contributed by atoms with Crippen LogP contribution in [0.15, 0.2) is 36.5 Å². The fourth-order valence-electron chi connectivity index (χ4n) is 3.08.